The van der Waals surface area contributed by atoms with E-state index in [4.69, 9.17) is 9.72 Å². The highest BCUT2D eigenvalue weighted by Gasteiger charge is 2.26. The second kappa shape index (κ2) is 11.2. The Balaban J connectivity index is 1.47. The van der Waals surface area contributed by atoms with Gasteiger partial charge in [-0.3, -0.25) is 4.79 Å². The fraction of sp³-hybridized carbons (Fsp3) is 0.323. The van der Waals surface area contributed by atoms with Crippen molar-refractivity contribution in [2.45, 2.75) is 52.2 Å². The lowest BCUT2D eigenvalue weighted by Gasteiger charge is -2.31. The van der Waals surface area contributed by atoms with Crippen molar-refractivity contribution in [1.82, 2.24) is 9.55 Å². The number of thiazole rings is 1. The maximum Gasteiger partial charge on any atom is 0.357 e. The van der Waals surface area contributed by atoms with Gasteiger partial charge in [0.25, 0.3) is 5.91 Å². The van der Waals surface area contributed by atoms with Crippen molar-refractivity contribution in [1.29, 1.82) is 0 Å². The highest BCUT2D eigenvalue weighted by molar-refractivity contribution is 7.16. The van der Waals surface area contributed by atoms with Gasteiger partial charge >= 0.3 is 5.97 Å². The second-order valence-electron chi connectivity index (χ2n) is 10.8. The Kier molecular flexibility index (Phi) is 7.67. The van der Waals surface area contributed by atoms with Gasteiger partial charge in [-0.2, -0.15) is 4.99 Å². The molecule has 206 valence electrons. The molecule has 0 N–H and O–H groups in total. The average molecular weight is 557 g/mol. The summed E-state index contributed by atoms with van der Waals surface area (Å²) < 4.78 is 8.62. The predicted octanol–water partition coefficient (Wildman–Crippen LogP) is 5.03. The molecule has 0 spiro atoms. The minimum absolute atomic E-state index is 0.219. The zero-order valence-electron chi connectivity index (χ0n) is 23.1. The second-order valence-corrected chi connectivity index (χ2v) is 11.8. The standard InChI is InChI=1S/C31H32N4O4S/c1-31(2,3)39-29(38)27-21(10-8-18-36)14-15-26(32-27)35-17-16-20-9-7-11-22(23(20)19-35)28(37)33-30-34(4)24-12-5-6-13-25(24)40-30/h5-7,9,11-15,18H,8,10,16-17,19H2,1-4H3. The molecule has 0 unspecified atom stereocenters. The third-order valence-corrected chi connectivity index (χ3v) is 7.94. The fourth-order valence-electron chi connectivity index (χ4n) is 4.89. The summed E-state index contributed by atoms with van der Waals surface area (Å²) in [6, 6.07) is 17.5. The van der Waals surface area contributed by atoms with E-state index in [0.29, 0.717) is 47.7 Å². The van der Waals surface area contributed by atoms with E-state index in [1.165, 1.54) is 11.3 Å². The highest BCUT2D eigenvalue weighted by Crippen LogP contribution is 2.28. The molecular formula is C31H32N4O4S. The molecule has 0 fully saturated rings. The highest BCUT2D eigenvalue weighted by atomic mass is 32.1. The van der Waals surface area contributed by atoms with E-state index < -0.39 is 11.6 Å². The SMILES string of the molecule is Cn1c(=NC(=O)c2cccc3c2CN(c2ccc(CCC=O)c(C(=O)OC(C)(C)C)n2)CC3)sc2ccccc21. The molecule has 5 rings (SSSR count). The lowest BCUT2D eigenvalue weighted by atomic mass is 9.94. The number of amides is 1. The Morgan fingerprint density at radius 2 is 1.90 bits per heavy atom. The van der Waals surface area contributed by atoms with Crippen LogP contribution in [0, 0.1) is 0 Å². The van der Waals surface area contributed by atoms with Crippen LogP contribution in [0.4, 0.5) is 5.82 Å². The minimum Gasteiger partial charge on any atom is -0.455 e. The van der Waals surface area contributed by atoms with Gasteiger partial charge in [0.05, 0.1) is 10.2 Å². The Bertz CT molecular complexity index is 1680. The number of ether oxygens (including phenoxy) is 1. The van der Waals surface area contributed by atoms with Gasteiger partial charge in [0.1, 0.15) is 17.7 Å². The van der Waals surface area contributed by atoms with Crippen molar-refractivity contribution >= 4 is 45.5 Å². The summed E-state index contributed by atoms with van der Waals surface area (Å²) in [6.45, 7) is 6.57. The molecule has 9 heteroatoms. The molecule has 3 heterocycles. The first-order chi connectivity index (χ1) is 19.1. The zero-order chi connectivity index (χ0) is 28.4. The normalized spacial score (nSPS) is 13.8. The number of aryl methyl sites for hydroxylation is 2. The summed E-state index contributed by atoms with van der Waals surface area (Å²) in [5.74, 6) is -0.178. The van der Waals surface area contributed by atoms with Crippen LogP contribution in [0.2, 0.25) is 0 Å². The minimum atomic E-state index is -0.676. The van der Waals surface area contributed by atoms with E-state index in [9.17, 15) is 14.4 Å². The largest absolute Gasteiger partial charge is 0.455 e. The molecular weight excluding hydrogens is 524 g/mol. The van der Waals surface area contributed by atoms with Crippen LogP contribution in [0.3, 0.4) is 0 Å². The number of hydrogen-bond donors (Lipinski definition) is 0. The first-order valence-corrected chi connectivity index (χ1v) is 14.1. The van der Waals surface area contributed by atoms with E-state index in [-0.39, 0.29) is 11.6 Å². The summed E-state index contributed by atoms with van der Waals surface area (Å²) in [4.78, 5) is 49.4. The van der Waals surface area contributed by atoms with Crippen molar-refractivity contribution in [2.75, 3.05) is 11.4 Å². The van der Waals surface area contributed by atoms with Crippen molar-refractivity contribution < 1.29 is 19.1 Å². The Morgan fingerprint density at radius 3 is 2.65 bits per heavy atom. The van der Waals surface area contributed by atoms with Gasteiger partial charge in [0, 0.05) is 32.1 Å². The monoisotopic (exact) mass is 556 g/mol. The van der Waals surface area contributed by atoms with Gasteiger partial charge in [0.15, 0.2) is 10.5 Å². The van der Waals surface area contributed by atoms with Crippen LogP contribution < -0.4 is 9.70 Å². The quantitative estimate of drug-likeness (QED) is 0.244. The number of aldehydes is 1. The topological polar surface area (TPSA) is 93.9 Å². The predicted molar refractivity (Wildman–Crippen MR) is 156 cm³/mol. The number of carbonyl (C=O) groups is 3. The summed E-state index contributed by atoms with van der Waals surface area (Å²) in [7, 11) is 1.92. The lowest BCUT2D eigenvalue weighted by molar-refractivity contribution is -0.107. The van der Waals surface area contributed by atoms with Crippen LogP contribution in [-0.4, -0.2) is 39.9 Å². The molecule has 0 bridgehead atoms. The summed E-state index contributed by atoms with van der Waals surface area (Å²) in [5.41, 5.74) is 3.83. The maximum absolute atomic E-state index is 13.5. The summed E-state index contributed by atoms with van der Waals surface area (Å²) in [6.07, 6.45) is 2.25. The van der Waals surface area contributed by atoms with Crippen LogP contribution in [0.1, 0.15) is 64.7 Å². The van der Waals surface area contributed by atoms with E-state index in [1.54, 1.807) is 0 Å². The van der Waals surface area contributed by atoms with Crippen molar-refractivity contribution in [3.63, 3.8) is 0 Å². The first kappa shape index (κ1) is 27.5. The number of fused-ring (bicyclic) bond motifs is 2. The molecule has 8 nitrogen and oxygen atoms in total. The van der Waals surface area contributed by atoms with Gasteiger partial charge in [-0.25, -0.2) is 9.78 Å². The molecule has 4 aromatic rings. The summed E-state index contributed by atoms with van der Waals surface area (Å²) >= 11 is 1.49. The van der Waals surface area contributed by atoms with Crippen molar-refractivity contribution in [3.8, 4) is 0 Å². The number of anilines is 1. The van der Waals surface area contributed by atoms with Crippen LogP contribution in [0.5, 0.6) is 0 Å². The molecule has 1 amide bonds. The third kappa shape index (κ3) is 5.74. The number of nitrogens with zero attached hydrogens (tertiary/aromatic N) is 4. The van der Waals surface area contributed by atoms with Gasteiger partial charge in [-0.05, 0) is 74.6 Å². The van der Waals surface area contributed by atoms with Crippen LogP contribution in [-0.2, 0) is 36.0 Å². The van der Waals surface area contributed by atoms with Gasteiger partial charge in [-0.15, -0.1) is 0 Å². The molecule has 0 aliphatic carbocycles. The lowest BCUT2D eigenvalue weighted by Crippen LogP contribution is -2.33. The van der Waals surface area contributed by atoms with E-state index >= 15 is 0 Å². The maximum atomic E-state index is 13.5. The number of esters is 1. The number of benzene rings is 2. The van der Waals surface area contributed by atoms with E-state index in [2.05, 4.69) is 9.89 Å². The van der Waals surface area contributed by atoms with Crippen LogP contribution in [0.15, 0.2) is 59.6 Å². The third-order valence-electron chi connectivity index (χ3n) is 6.83. The molecule has 1 aliphatic heterocycles. The molecule has 0 atom stereocenters. The number of hydrogen-bond acceptors (Lipinski definition) is 7. The van der Waals surface area contributed by atoms with Gasteiger partial charge in [0.2, 0.25) is 0 Å². The van der Waals surface area contributed by atoms with Crippen molar-refractivity contribution in [2.24, 2.45) is 12.0 Å². The van der Waals surface area contributed by atoms with E-state index in [1.807, 2.05) is 87.0 Å². The number of para-hydroxylation sites is 1. The van der Waals surface area contributed by atoms with Gasteiger partial charge in [-0.1, -0.05) is 41.7 Å². The molecule has 0 saturated heterocycles. The average Bonchev–Trinajstić information content (AvgIpc) is 3.25. The zero-order valence-corrected chi connectivity index (χ0v) is 24.0. The fourth-order valence-corrected chi connectivity index (χ4v) is 5.90. The molecule has 2 aromatic carbocycles. The van der Waals surface area contributed by atoms with Crippen LogP contribution >= 0.6 is 11.3 Å². The van der Waals surface area contributed by atoms with Crippen LogP contribution in [0.25, 0.3) is 10.2 Å². The number of rotatable bonds is 6. The van der Waals surface area contributed by atoms with E-state index in [0.717, 1.165) is 34.1 Å². The summed E-state index contributed by atoms with van der Waals surface area (Å²) in [5, 5.41) is 0. The smallest absolute Gasteiger partial charge is 0.357 e. The number of pyridine rings is 1. The Hall–Kier alpha value is -4.11. The molecule has 40 heavy (non-hydrogen) atoms. The number of carbonyl (C=O) groups excluding carboxylic acids is 3. The van der Waals surface area contributed by atoms with Crippen molar-refractivity contribution in [3.05, 3.63) is 87.3 Å². The Morgan fingerprint density at radius 1 is 1.10 bits per heavy atom. The first-order valence-electron chi connectivity index (χ1n) is 13.3. The molecule has 1 aliphatic rings. The molecule has 0 radical (unpaired) electrons. The Labute approximate surface area is 237 Å². The molecule has 0 saturated carbocycles. The van der Waals surface area contributed by atoms with Gasteiger partial charge < -0.3 is 19.0 Å². The molecule has 2 aromatic heterocycles. The number of aromatic nitrogens is 2.